The van der Waals surface area contributed by atoms with Crippen LogP contribution in [0.15, 0.2) is 48.5 Å². The Hall–Kier alpha value is -1.76. The molecular formula is C18H21N. The molecule has 0 fully saturated rings. The first-order valence-corrected chi connectivity index (χ1v) is 7.21. The summed E-state index contributed by atoms with van der Waals surface area (Å²) < 4.78 is 0. The molecule has 0 aromatic heterocycles. The molecule has 2 unspecified atom stereocenters. The van der Waals surface area contributed by atoms with E-state index in [9.17, 15) is 0 Å². The number of aryl methyl sites for hydroxylation is 1. The Bertz CT molecular complexity index is 573. The van der Waals surface area contributed by atoms with Crippen LogP contribution < -0.4 is 5.32 Å². The summed E-state index contributed by atoms with van der Waals surface area (Å²) in [6.45, 7) is 4.55. The first-order valence-electron chi connectivity index (χ1n) is 7.21. The second-order valence-corrected chi connectivity index (χ2v) is 5.56. The zero-order chi connectivity index (χ0) is 13.2. The van der Waals surface area contributed by atoms with Crippen LogP contribution in [-0.2, 0) is 12.8 Å². The van der Waals surface area contributed by atoms with Gasteiger partial charge in [0.2, 0.25) is 0 Å². The van der Waals surface area contributed by atoms with E-state index in [1.807, 2.05) is 0 Å². The molecule has 1 N–H and O–H groups in total. The lowest BCUT2D eigenvalue weighted by Crippen LogP contribution is -2.26. The van der Waals surface area contributed by atoms with Gasteiger partial charge < -0.3 is 5.32 Å². The van der Waals surface area contributed by atoms with Gasteiger partial charge in [-0.25, -0.2) is 0 Å². The van der Waals surface area contributed by atoms with Gasteiger partial charge in [-0.3, -0.25) is 0 Å². The second kappa shape index (κ2) is 5.08. The molecule has 0 saturated carbocycles. The summed E-state index contributed by atoms with van der Waals surface area (Å²) in [4.78, 5) is 0. The van der Waals surface area contributed by atoms with E-state index in [0.29, 0.717) is 12.0 Å². The Morgan fingerprint density at radius 2 is 1.95 bits per heavy atom. The molecule has 0 bridgehead atoms. The molecule has 2 aromatic carbocycles. The van der Waals surface area contributed by atoms with Gasteiger partial charge in [-0.1, -0.05) is 56.3 Å². The van der Waals surface area contributed by atoms with Crippen LogP contribution >= 0.6 is 0 Å². The minimum Gasteiger partial charge on any atom is -0.378 e. The molecule has 2 atom stereocenters. The fraction of sp³-hybridized carbons (Fsp3) is 0.333. The van der Waals surface area contributed by atoms with Gasteiger partial charge in [-0.05, 0) is 41.5 Å². The van der Waals surface area contributed by atoms with Crippen molar-refractivity contribution < 1.29 is 0 Å². The number of benzene rings is 2. The van der Waals surface area contributed by atoms with E-state index in [-0.39, 0.29) is 0 Å². The summed E-state index contributed by atoms with van der Waals surface area (Å²) in [5.74, 6) is 0.627. The number of rotatable bonds is 2. The van der Waals surface area contributed by atoms with Crippen molar-refractivity contribution in [1.82, 2.24) is 0 Å². The number of hydrogen-bond donors (Lipinski definition) is 1. The van der Waals surface area contributed by atoms with Crippen molar-refractivity contribution in [2.24, 2.45) is 5.92 Å². The number of nitrogens with one attached hydrogen (secondary N) is 1. The number of para-hydroxylation sites is 1. The van der Waals surface area contributed by atoms with Crippen LogP contribution in [0.3, 0.4) is 0 Å². The second-order valence-electron chi connectivity index (χ2n) is 5.56. The molecule has 0 amide bonds. The van der Waals surface area contributed by atoms with Gasteiger partial charge in [-0.2, -0.15) is 0 Å². The molecule has 0 saturated heterocycles. The Morgan fingerprint density at radius 3 is 2.79 bits per heavy atom. The SMILES string of the molecule is CCc1cccc(C2Nc3ccccc3CC2C)c1. The lowest BCUT2D eigenvalue weighted by atomic mass is 9.84. The summed E-state index contributed by atoms with van der Waals surface area (Å²) in [6.07, 6.45) is 2.26. The summed E-state index contributed by atoms with van der Waals surface area (Å²) in [7, 11) is 0. The maximum absolute atomic E-state index is 3.71. The van der Waals surface area contributed by atoms with Gasteiger partial charge in [0.05, 0.1) is 6.04 Å². The van der Waals surface area contributed by atoms with Gasteiger partial charge >= 0.3 is 0 Å². The van der Waals surface area contributed by atoms with Crippen LogP contribution in [0.1, 0.15) is 36.6 Å². The molecular weight excluding hydrogens is 230 g/mol. The third kappa shape index (κ3) is 2.37. The van der Waals surface area contributed by atoms with Crippen molar-refractivity contribution in [2.75, 3.05) is 5.32 Å². The maximum Gasteiger partial charge on any atom is 0.0542 e. The van der Waals surface area contributed by atoms with Crippen molar-refractivity contribution in [3.05, 3.63) is 65.2 Å². The normalized spacial score (nSPS) is 21.6. The van der Waals surface area contributed by atoms with E-state index < -0.39 is 0 Å². The molecule has 1 heterocycles. The average Bonchev–Trinajstić information content (AvgIpc) is 2.46. The standard InChI is InChI=1S/C18H21N/c1-3-14-7-6-9-16(12-14)18-13(2)11-15-8-4-5-10-17(15)19-18/h4-10,12-13,18-19H,3,11H2,1-2H3. The van der Waals surface area contributed by atoms with Crippen LogP contribution in [0.2, 0.25) is 0 Å². The van der Waals surface area contributed by atoms with Gasteiger partial charge in [0.15, 0.2) is 0 Å². The maximum atomic E-state index is 3.71. The summed E-state index contributed by atoms with van der Waals surface area (Å²) in [5.41, 5.74) is 5.58. The van der Waals surface area contributed by atoms with Crippen LogP contribution in [0.5, 0.6) is 0 Å². The molecule has 1 heteroatoms. The predicted octanol–water partition coefficient (Wildman–Crippen LogP) is 4.59. The van der Waals surface area contributed by atoms with Gasteiger partial charge in [0.25, 0.3) is 0 Å². The highest BCUT2D eigenvalue weighted by Gasteiger charge is 2.25. The van der Waals surface area contributed by atoms with Crippen LogP contribution in [-0.4, -0.2) is 0 Å². The average molecular weight is 251 g/mol. The zero-order valence-electron chi connectivity index (χ0n) is 11.7. The van der Waals surface area contributed by atoms with E-state index in [0.717, 1.165) is 12.8 Å². The first kappa shape index (κ1) is 12.3. The fourth-order valence-corrected chi connectivity index (χ4v) is 3.03. The quantitative estimate of drug-likeness (QED) is 0.823. The van der Waals surface area contributed by atoms with E-state index in [1.165, 1.54) is 22.4 Å². The molecule has 1 aliphatic rings. The van der Waals surface area contributed by atoms with Crippen molar-refractivity contribution in [3.63, 3.8) is 0 Å². The molecule has 2 aromatic rings. The molecule has 0 spiro atoms. The molecule has 98 valence electrons. The van der Waals surface area contributed by atoms with E-state index in [1.54, 1.807) is 0 Å². The van der Waals surface area contributed by atoms with E-state index in [2.05, 4.69) is 67.7 Å². The molecule has 1 aliphatic heterocycles. The molecule has 1 nitrogen and oxygen atoms in total. The van der Waals surface area contributed by atoms with Crippen molar-refractivity contribution in [3.8, 4) is 0 Å². The molecule has 0 radical (unpaired) electrons. The highest BCUT2D eigenvalue weighted by atomic mass is 14.9. The highest BCUT2D eigenvalue weighted by molar-refractivity contribution is 5.55. The smallest absolute Gasteiger partial charge is 0.0542 e. The Kier molecular flexibility index (Phi) is 3.29. The lowest BCUT2D eigenvalue weighted by molar-refractivity contribution is 0.479. The Labute approximate surface area is 115 Å². The topological polar surface area (TPSA) is 12.0 Å². The first-order chi connectivity index (χ1) is 9.28. The minimum atomic E-state index is 0.432. The van der Waals surface area contributed by atoms with Gasteiger partial charge in [0.1, 0.15) is 0 Å². The summed E-state index contributed by atoms with van der Waals surface area (Å²) >= 11 is 0. The highest BCUT2D eigenvalue weighted by Crippen LogP contribution is 2.36. The van der Waals surface area contributed by atoms with Crippen molar-refractivity contribution >= 4 is 5.69 Å². The van der Waals surface area contributed by atoms with Crippen molar-refractivity contribution in [2.45, 2.75) is 32.7 Å². The van der Waals surface area contributed by atoms with Gasteiger partial charge in [-0.15, -0.1) is 0 Å². The summed E-state index contributed by atoms with van der Waals surface area (Å²) in [5, 5.41) is 3.71. The van der Waals surface area contributed by atoms with Crippen LogP contribution in [0, 0.1) is 5.92 Å². The molecule has 0 aliphatic carbocycles. The molecule has 19 heavy (non-hydrogen) atoms. The predicted molar refractivity (Wildman–Crippen MR) is 81.5 cm³/mol. The Balaban J connectivity index is 1.93. The third-order valence-corrected chi connectivity index (χ3v) is 4.16. The number of fused-ring (bicyclic) bond motifs is 1. The number of hydrogen-bond acceptors (Lipinski definition) is 1. The fourth-order valence-electron chi connectivity index (χ4n) is 3.03. The van der Waals surface area contributed by atoms with Gasteiger partial charge in [0, 0.05) is 5.69 Å². The lowest BCUT2D eigenvalue weighted by Gasteiger charge is -2.33. The monoisotopic (exact) mass is 251 g/mol. The minimum absolute atomic E-state index is 0.432. The largest absolute Gasteiger partial charge is 0.378 e. The van der Waals surface area contributed by atoms with Crippen LogP contribution in [0.25, 0.3) is 0 Å². The van der Waals surface area contributed by atoms with Crippen LogP contribution in [0.4, 0.5) is 5.69 Å². The zero-order valence-corrected chi connectivity index (χ0v) is 11.7. The summed E-state index contributed by atoms with van der Waals surface area (Å²) in [6, 6.07) is 18.1. The van der Waals surface area contributed by atoms with E-state index in [4.69, 9.17) is 0 Å². The third-order valence-electron chi connectivity index (χ3n) is 4.16. The van der Waals surface area contributed by atoms with Crippen molar-refractivity contribution in [1.29, 1.82) is 0 Å². The number of anilines is 1. The van der Waals surface area contributed by atoms with E-state index >= 15 is 0 Å². The molecule has 3 rings (SSSR count). The Morgan fingerprint density at radius 1 is 1.11 bits per heavy atom.